The van der Waals surface area contributed by atoms with Gasteiger partial charge >= 0.3 is 0 Å². The maximum atomic E-state index is 12.0. The normalized spacial score (nSPS) is 15.2. The Bertz CT molecular complexity index is 766. The number of benzene rings is 2. The average Bonchev–Trinajstić information content (AvgIpc) is 2.65. The molecule has 0 aliphatic carbocycles. The van der Waals surface area contributed by atoms with Crippen LogP contribution in [0, 0.1) is 0 Å². The summed E-state index contributed by atoms with van der Waals surface area (Å²) >= 11 is 3.31. The molecule has 0 bridgehead atoms. The molecule has 2 N–H and O–H groups in total. The predicted molar refractivity (Wildman–Crippen MR) is 92.3 cm³/mol. The van der Waals surface area contributed by atoms with Crippen molar-refractivity contribution in [2.45, 2.75) is 6.10 Å². The first-order valence-corrected chi connectivity index (χ1v) is 8.26. The van der Waals surface area contributed by atoms with Crippen molar-refractivity contribution in [3.63, 3.8) is 0 Å². The molecule has 0 aromatic heterocycles. The number of hydrazine groups is 1. The van der Waals surface area contributed by atoms with Crippen molar-refractivity contribution in [3.8, 4) is 17.2 Å². The molecule has 3 rings (SSSR count). The molecule has 0 saturated carbocycles. The smallest absolute Gasteiger partial charge is 0.283 e. The molecule has 8 heteroatoms. The predicted octanol–water partition coefficient (Wildman–Crippen LogP) is 1.82. The Balaban J connectivity index is 1.43. The minimum Gasteiger partial charge on any atom is -0.485 e. The summed E-state index contributed by atoms with van der Waals surface area (Å²) in [6, 6.07) is 14.1. The van der Waals surface area contributed by atoms with Gasteiger partial charge in [0.25, 0.3) is 11.8 Å². The molecule has 0 radical (unpaired) electrons. The number of halogens is 1. The third-order valence-electron chi connectivity index (χ3n) is 3.31. The van der Waals surface area contributed by atoms with E-state index < -0.39 is 17.9 Å². The minimum absolute atomic E-state index is 0.0636. The molecule has 0 spiro atoms. The van der Waals surface area contributed by atoms with Gasteiger partial charge in [-0.1, -0.05) is 28.1 Å². The molecular formula is C17H15BrN2O5. The van der Waals surface area contributed by atoms with Gasteiger partial charge in [-0.2, -0.15) is 0 Å². The Morgan fingerprint density at radius 3 is 2.56 bits per heavy atom. The first kappa shape index (κ1) is 17.1. The quantitative estimate of drug-likeness (QED) is 0.756. The number of ether oxygens (including phenoxy) is 3. The van der Waals surface area contributed by atoms with Gasteiger partial charge in [0.05, 0.1) is 0 Å². The molecule has 0 unspecified atom stereocenters. The van der Waals surface area contributed by atoms with E-state index in [1.165, 1.54) is 0 Å². The summed E-state index contributed by atoms with van der Waals surface area (Å²) < 4.78 is 17.2. The van der Waals surface area contributed by atoms with Crippen LogP contribution >= 0.6 is 15.9 Å². The van der Waals surface area contributed by atoms with Gasteiger partial charge in [0, 0.05) is 4.47 Å². The van der Waals surface area contributed by atoms with Crippen LogP contribution in [0.25, 0.3) is 0 Å². The Labute approximate surface area is 152 Å². The van der Waals surface area contributed by atoms with E-state index in [2.05, 4.69) is 26.8 Å². The second-order valence-electron chi connectivity index (χ2n) is 5.14. The zero-order chi connectivity index (χ0) is 17.6. The van der Waals surface area contributed by atoms with Crippen LogP contribution < -0.4 is 25.1 Å². The summed E-state index contributed by atoms with van der Waals surface area (Å²) in [5, 5.41) is 0. The number of rotatable bonds is 4. The van der Waals surface area contributed by atoms with Crippen LogP contribution in [0.4, 0.5) is 0 Å². The molecule has 1 heterocycles. The van der Waals surface area contributed by atoms with E-state index >= 15 is 0 Å². The van der Waals surface area contributed by atoms with Gasteiger partial charge in [0.15, 0.2) is 18.1 Å². The van der Waals surface area contributed by atoms with Gasteiger partial charge in [-0.3, -0.25) is 20.4 Å². The molecule has 1 aliphatic rings. The highest BCUT2D eigenvalue weighted by atomic mass is 79.9. The number of amides is 2. The minimum atomic E-state index is -0.845. The van der Waals surface area contributed by atoms with Crippen LogP contribution in [-0.2, 0) is 9.59 Å². The van der Waals surface area contributed by atoms with E-state index in [0.29, 0.717) is 17.2 Å². The van der Waals surface area contributed by atoms with Crippen molar-refractivity contribution in [2.75, 3.05) is 13.2 Å². The highest BCUT2D eigenvalue weighted by Crippen LogP contribution is 2.30. The lowest BCUT2D eigenvalue weighted by Crippen LogP contribution is -2.51. The Morgan fingerprint density at radius 1 is 1.08 bits per heavy atom. The zero-order valence-electron chi connectivity index (χ0n) is 13.0. The fraction of sp³-hybridized carbons (Fsp3) is 0.176. The van der Waals surface area contributed by atoms with Crippen molar-refractivity contribution >= 4 is 27.7 Å². The van der Waals surface area contributed by atoms with Gasteiger partial charge in [0.2, 0.25) is 6.10 Å². The Morgan fingerprint density at radius 2 is 1.80 bits per heavy atom. The monoisotopic (exact) mass is 406 g/mol. The lowest BCUT2D eigenvalue weighted by Gasteiger charge is -2.25. The van der Waals surface area contributed by atoms with Gasteiger partial charge in [-0.25, -0.2) is 0 Å². The van der Waals surface area contributed by atoms with Crippen molar-refractivity contribution in [1.82, 2.24) is 10.9 Å². The second kappa shape index (κ2) is 7.89. The van der Waals surface area contributed by atoms with Crippen LogP contribution in [0.1, 0.15) is 0 Å². The van der Waals surface area contributed by atoms with Crippen LogP contribution in [0.5, 0.6) is 17.2 Å². The van der Waals surface area contributed by atoms with Crippen LogP contribution in [0.2, 0.25) is 0 Å². The molecule has 0 fully saturated rings. The van der Waals surface area contributed by atoms with Crippen LogP contribution in [-0.4, -0.2) is 31.1 Å². The molecule has 1 atom stereocenters. The molecule has 2 amide bonds. The SMILES string of the molecule is O=C(COc1ccc(Br)cc1)NNC(=O)[C@H]1COc2ccccc2O1. The first-order valence-electron chi connectivity index (χ1n) is 7.47. The van der Waals surface area contributed by atoms with Gasteiger partial charge < -0.3 is 14.2 Å². The molecule has 25 heavy (non-hydrogen) atoms. The first-order chi connectivity index (χ1) is 12.1. The highest BCUT2D eigenvalue weighted by molar-refractivity contribution is 9.10. The highest BCUT2D eigenvalue weighted by Gasteiger charge is 2.27. The summed E-state index contributed by atoms with van der Waals surface area (Å²) in [5.74, 6) is 0.613. The van der Waals surface area contributed by atoms with E-state index in [4.69, 9.17) is 14.2 Å². The standard InChI is InChI=1S/C17H15BrN2O5/c18-11-5-7-12(8-6-11)23-10-16(21)19-20-17(22)15-9-24-13-3-1-2-4-14(13)25-15/h1-8,15H,9-10H2,(H,19,21)(H,20,22)/t15-/m1/s1. The lowest BCUT2D eigenvalue weighted by molar-refractivity contribution is -0.135. The van der Waals surface area contributed by atoms with Crippen LogP contribution in [0.3, 0.4) is 0 Å². The number of hydrogen-bond acceptors (Lipinski definition) is 5. The van der Waals surface area contributed by atoms with E-state index in [0.717, 1.165) is 4.47 Å². The molecule has 7 nitrogen and oxygen atoms in total. The maximum absolute atomic E-state index is 12.0. The summed E-state index contributed by atoms with van der Waals surface area (Å²) in [6.07, 6.45) is -0.845. The number of carbonyl (C=O) groups excluding carboxylic acids is 2. The summed E-state index contributed by atoms with van der Waals surface area (Å²) in [7, 11) is 0. The van der Waals surface area contributed by atoms with Gasteiger partial charge in [-0.05, 0) is 36.4 Å². The van der Waals surface area contributed by atoms with Gasteiger partial charge in [0.1, 0.15) is 12.4 Å². The van der Waals surface area contributed by atoms with Gasteiger partial charge in [-0.15, -0.1) is 0 Å². The number of hydrogen-bond donors (Lipinski definition) is 2. The largest absolute Gasteiger partial charge is 0.485 e. The zero-order valence-corrected chi connectivity index (χ0v) is 14.6. The fourth-order valence-electron chi connectivity index (χ4n) is 2.08. The molecule has 2 aromatic carbocycles. The third-order valence-corrected chi connectivity index (χ3v) is 3.84. The van der Waals surface area contributed by atoms with E-state index in [1.807, 2.05) is 6.07 Å². The van der Waals surface area contributed by atoms with Crippen molar-refractivity contribution in [1.29, 1.82) is 0 Å². The van der Waals surface area contributed by atoms with Crippen LogP contribution in [0.15, 0.2) is 53.0 Å². The Hall–Kier alpha value is -2.74. The summed E-state index contributed by atoms with van der Waals surface area (Å²) in [5.41, 5.74) is 4.57. The average molecular weight is 407 g/mol. The van der Waals surface area contributed by atoms with Crippen molar-refractivity contribution in [3.05, 3.63) is 53.0 Å². The molecule has 2 aromatic rings. The summed E-state index contributed by atoms with van der Waals surface area (Å²) in [6.45, 7) is -0.166. The number of fused-ring (bicyclic) bond motifs is 1. The third kappa shape index (κ3) is 4.63. The van der Waals surface area contributed by atoms with E-state index in [-0.39, 0.29) is 13.2 Å². The molecule has 130 valence electrons. The Kier molecular flexibility index (Phi) is 5.39. The fourth-order valence-corrected chi connectivity index (χ4v) is 2.34. The lowest BCUT2D eigenvalue weighted by atomic mass is 10.2. The van der Waals surface area contributed by atoms with E-state index in [1.54, 1.807) is 42.5 Å². The number of para-hydroxylation sites is 2. The summed E-state index contributed by atoms with van der Waals surface area (Å²) in [4.78, 5) is 23.8. The van der Waals surface area contributed by atoms with Crippen molar-refractivity contribution < 1.29 is 23.8 Å². The maximum Gasteiger partial charge on any atom is 0.283 e. The second-order valence-corrected chi connectivity index (χ2v) is 6.06. The topological polar surface area (TPSA) is 85.9 Å². The van der Waals surface area contributed by atoms with Crippen molar-refractivity contribution in [2.24, 2.45) is 0 Å². The van der Waals surface area contributed by atoms with E-state index in [9.17, 15) is 9.59 Å². The molecule has 1 aliphatic heterocycles. The number of carbonyl (C=O) groups is 2. The molecule has 0 saturated heterocycles. The molecular weight excluding hydrogens is 392 g/mol. The number of nitrogens with one attached hydrogen (secondary N) is 2.